The van der Waals surface area contributed by atoms with E-state index in [0.29, 0.717) is 25.3 Å². The van der Waals surface area contributed by atoms with Crippen molar-refractivity contribution >= 4 is 12.3 Å². The molecule has 6 heteroatoms. The number of carbonyl (C=O) groups excluding carboxylic acids is 2. The molecule has 110 valence electrons. The highest BCUT2D eigenvalue weighted by atomic mass is 16.5. The predicted molar refractivity (Wildman–Crippen MR) is 74.4 cm³/mol. The number of hydrogen-bond acceptors (Lipinski definition) is 4. The molecule has 20 heavy (non-hydrogen) atoms. The third-order valence-corrected chi connectivity index (χ3v) is 2.73. The Morgan fingerprint density at radius 3 is 2.70 bits per heavy atom. The van der Waals surface area contributed by atoms with Crippen LogP contribution in [0.1, 0.15) is 0 Å². The highest BCUT2D eigenvalue weighted by Crippen LogP contribution is 2.08. The quantitative estimate of drug-likeness (QED) is 0.660. The molecule has 2 amide bonds. The van der Waals surface area contributed by atoms with Crippen LogP contribution >= 0.6 is 0 Å². The average Bonchev–Trinajstić information content (AvgIpc) is 2.49. The van der Waals surface area contributed by atoms with Gasteiger partial charge in [-0.3, -0.25) is 9.59 Å². The van der Waals surface area contributed by atoms with Crippen LogP contribution in [-0.2, 0) is 14.3 Å². The highest BCUT2D eigenvalue weighted by molar-refractivity contribution is 5.83. The fourth-order valence-electron chi connectivity index (χ4n) is 1.57. The van der Waals surface area contributed by atoms with Crippen molar-refractivity contribution < 1.29 is 19.1 Å². The molecule has 0 aliphatic heterocycles. The number of nitrogens with zero attached hydrogens (tertiary/aromatic N) is 1. The summed E-state index contributed by atoms with van der Waals surface area (Å²) in [7, 11) is 3.22. The topological polar surface area (TPSA) is 67.9 Å². The molecule has 0 saturated heterocycles. The van der Waals surface area contributed by atoms with Gasteiger partial charge < -0.3 is 19.7 Å². The minimum atomic E-state index is -0.713. The number of nitrogens with one attached hydrogen (secondary N) is 1. The maximum absolute atomic E-state index is 12.1. The van der Waals surface area contributed by atoms with Gasteiger partial charge in [-0.25, -0.2) is 0 Å². The van der Waals surface area contributed by atoms with E-state index >= 15 is 0 Å². The van der Waals surface area contributed by atoms with E-state index in [-0.39, 0.29) is 12.5 Å². The van der Waals surface area contributed by atoms with E-state index in [4.69, 9.17) is 9.47 Å². The summed E-state index contributed by atoms with van der Waals surface area (Å²) in [6.45, 7) is 0.978. The van der Waals surface area contributed by atoms with Crippen LogP contribution in [0.5, 0.6) is 5.75 Å². The molecule has 0 aliphatic rings. The van der Waals surface area contributed by atoms with E-state index in [9.17, 15) is 9.59 Å². The molecule has 1 rings (SSSR count). The number of para-hydroxylation sites is 1. The van der Waals surface area contributed by atoms with Crippen LogP contribution in [0.4, 0.5) is 0 Å². The van der Waals surface area contributed by atoms with Gasteiger partial charge in [-0.05, 0) is 12.1 Å². The summed E-state index contributed by atoms with van der Waals surface area (Å²) in [5, 5.41) is 2.47. The molecular weight excluding hydrogens is 260 g/mol. The Balaban J connectivity index is 2.54. The molecule has 0 aliphatic carbocycles. The number of methoxy groups -OCH3 is 1. The summed E-state index contributed by atoms with van der Waals surface area (Å²) in [4.78, 5) is 24.2. The Bertz CT molecular complexity index is 411. The van der Waals surface area contributed by atoms with Crippen LogP contribution in [-0.4, -0.2) is 57.2 Å². The van der Waals surface area contributed by atoms with Crippen LogP contribution in [0, 0.1) is 0 Å². The molecule has 1 N–H and O–H groups in total. The van der Waals surface area contributed by atoms with E-state index in [1.807, 2.05) is 18.2 Å². The van der Waals surface area contributed by atoms with Crippen molar-refractivity contribution in [2.75, 3.05) is 33.9 Å². The average molecular weight is 280 g/mol. The number of likely N-dealkylation sites (N-methyl/N-ethyl adjacent to an activating group) is 1. The van der Waals surface area contributed by atoms with E-state index < -0.39 is 6.04 Å². The van der Waals surface area contributed by atoms with Crippen LogP contribution in [0.15, 0.2) is 30.3 Å². The standard InChI is InChI=1S/C14H20N2O4/c1-16(8-9-19-2)14(18)13(15-11-17)10-20-12-6-4-3-5-7-12/h3-7,11,13H,8-10H2,1-2H3,(H,15,17). The van der Waals surface area contributed by atoms with Crippen LogP contribution in [0.2, 0.25) is 0 Å². The number of amides is 2. The van der Waals surface area contributed by atoms with Gasteiger partial charge >= 0.3 is 0 Å². The number of carbonyl (C=O) groups is 2. The summed E-state index contributed by atoms with van der Waals surface area (Å²) in [6.07, 6.45) is 0.501. The number of ether oxygens (including phenoxy) is 2. The fourth-order valence-corrected chi connectivity index (χ4v) is 1.57. The Morgan fingerprint density at radius 2 is 2.10 bits per heavy atom. The molecule has 1 unspecified atom stereocenters. The summed E-state index contributed by atoms with van der Waals surface area (Å²) in [6, 6.07) is 8.41. The van der Waals surface area contributed by atoms with Gasteiger partial charge in [0.1, 0.15) is 18.4 Å². The summed E-state index contributed by atoms with van der Waals surface area (Å²) in [5.41, 5.74) is 0. The Hall–Kier alpha value is -2.08. The van der Waals surface area contributed by atoms with E-state index in [1.54, 1.807) is 26.3 Å². The zero-order valence-corrected chi connectivity index (χ0v) is 11.7. The van der Waals surface area contributed by atoms with Gasteiger partial charge in [0.15, 0.2) is 0 Å². The zero-order valence-electron chi connectivity index (χ0n) is 11.7. The molecule has 1 aromatic rings. The lowest BCUT2D eigenvalue weighted by atomic mass is 10.2. The van der Waals surface area contributed by atoms with E-state index in [2.05, 4.69) is 5.32 Å². The van der Waals surface area contributed by atoms with Crippen LogP contribution in [0.25, 0.3) is 0 Å². The third-order valence-electron chi connectivity index (χ3n) is 2.73. The van der Waals surface area contributed by atoms with Gasteiger partial charge in [-0.15, -0.1) is 0 Å². The molecule has 0 saturated carbocycles. The lowest BCUT2D eigenvalue weighted by Crippen LogP contribution is -2.48. The normalized spacial score (nSPS) is 11.5. The summed E-state index contributed by atoms with van der Waals surface area (Å²) < 4.78 is 10.4. The second-order valence-corrected chi connectivity index (χ2v) is 4.21. The zero-order chi connectivity index (χ0) is 14.8. The van der Waals surface area contributed by atoms with Crippen molar-refractivity contribution in [2.45, 2.75) is 6.04 Å². The molecule has 0 spiro atoms. The maximum atomic E-state index is 12.1. The second kappa shape index (κ2) is 8.92. The van der Waals surface area contributed by atoms with Crippen molar-refractivity contribution in [3.05, 3.63) is 30.3 Å². The smallest absolute Gasteiger partial charge is 0.248 e. The minimum absolute atomic E-state index is 0.0823. The van der Waals surface area contributed by atoms with Gasteiger partial charge in [0.05, 0.1) is 6.61 Å². The first-order chi connectivity index (χ1) is 9.69. The Kier molecular flexibility index (Phi) is 7.13. The molecule has 1 atom stereocenters. The molecule has 0 bridgehead atoms. The molecule has 0 aromatic heterocycles. The summed E-state index contributed by atoms with van der Waals surface area (Å²) >= 11 is 0. The van der Waals surface area contributed by atoms with E-state index in [1.165, 1.54) is 4.90 Å². The van der Waals surface area contributed by atoms with Gasteiger partial charge in [-0.2, -0.15) is 0 Å². The largest absolute Gasteiger partial charge is 0.491 e. The summed E-state index contributed by atoms with van der Waals surface area (Å²) in [5.74, 6) is 0.433. The number of benzene rings is 1. The van der Waals surface area contributed by atoms with Gasteiger partial charge in [-0.1, -0.05) is 18.2 Å². The van der Waals surface area contributed by atoms with Gasteiger partial charge in [0, 0.05) is 20.7 Å². The fraction of sp³-hybridized carbons (Fsp3) is 0.429. The number of hydrogen-bond donors (Lipinski definition) is 1. The first-order valence-corrected chi connectivity index (χ1v) is 6.30. The Morgan fingerprint density at radius 1 is 1.40 bits per heavy atom. The molecule has 0 heterocycles. The van der Waals surface area contributed by atoms with Crippen molar-refractivity contribution in [3.8, 4) is 5.75 Å². The SMILES string of the molecule is COCCN(C)C(=O)C(COc1ccccc1)NC=O. The van der Waals surface area contributed by atoms with Gasteiger partial charge in [0.2, 0.25) is 12.3 Å². The molecule has 0 fully saturated rings. The van der Waals surface area contributed by atoms with Crippen molar-refractivity contribution in [1.82, 2.24) is 10.2 Å². The van der Waals surface area contributed by atoms with Gasteiger partial charge in [0.25, 0.3) is 0 Å². The second-order valence-electron chi connectivity index (χ2n) is 4.21. The first kappa shape index (κ1) is 16.0. The third kappa shape index (κ3) is 5.27. The monoisotopic (exact) mass is 280 g/mol. The molecule has 1 aromatic carbocycles. The predicted octanol–water partition coefficient (Wildman–Crippen LogP) is 0.285. The Labute approximate surface area is 118 Å². The molecule has 6 nitrogen and oxygen atoms in total. The molecular formula is C14H20N2O4. The van der Waals surface area contributed by atoms with Crippen molar-refractivity contribution in [1.29, 1.82) is 0 Å². The maximum Gasteiger partial charge on any atom is 0.248 e. The van der Waals surface area contributed by atoms with E-state index in [0.717, 1.165) is 0 Å². The van der Waals surface area contributed by atoms with Crippen molar-refractivity contribution in [3.63, 3.8) is 0 Å². The van der Waals surface area contributed by atoms with Crippen LogP contribution in [0.3, 0.4) is 0 Å². The van der Waals surface area contributed by atoms with Crippen molar-refractivity contribution in [2.24, 2.45) is 0 Å². The first-order valence-electron chi connectivity index (χ1n) is 6.30. The number of rotatable bonds is 9. The molecule has 0 radical (unpaired) electrons. The van der Waals surface area contributed by atoms with Crippen LogP contribution < -0.4 is 10.1 Å². The lowest BCUT2D eigenvalue weighted by Gasteiger charge is -2.23. The minimum Gasteiger partial charge on any atom is -0.491 e. The highest BCUT2D eigenvalue weighted by Gasteiger charge is 2.22. The lowest BCUT2D eigenvalue weighted by molar-refractivity contribution is -0.134.